The van der Waals surface area contributed by atoms with Crippen LogP contribution in [0.5, 0.6) is 0 Å². The van der Waals surface area contributed by atoms with Crippen molar-refractivity contribution in [3.8, 4) is 0 Å². The molecule has 0 saturated heterocycles. The molecule has 1 fully saturated rings. The maximum absolute atomic E-state index is 13.0. The summed E-state index contributed by atoms with van der Waals surface area (Å²) < 4.78 is 13.0. The molecule has 1 aliphatic carbocycles. The SMILES string of the molecule is O=C(NCC1CCCCC1CCl)c1cccc(F)c1. The number of nitrogens with one attached hydrogen (secondary N) is 1. The van der Waals surface area contributed by atoms with Crippen molar-refractivity contribution < 1.29 is 9.18 Å². The fourth-order valence-corrected chi connectivity index (χ4v) is 3.12. The van der Waals surface area contributed by atoms with Crippen molar-refractivity contribution in [2.75, 3.05) is 12.4 Å². The van der Waals surface area contributed by atoms with E-state index >= 15 is 0 Å². The number of alkyl halides is 1. The maximum atomic E-state index is 13.0. The Morgan fingerprint density at radius 2 is 2.05 bits per heavy atom. The van der Waals surface area contributed by atoms with E-state index in [9.17, 15) is 9.18 Å². The highest BCUT2D eigenvalue weighted by Crippen LogP contribution is 2.30. The molecule has 104 valence electrons. The Morgan fingerprint density at radius 1 is 1.32 bits per heavy atom. The Kier molecular flexibility index (Phi) is 5.20. The van der Waals surface area contributed by atoms with Gasteiger partial charge in [-0.2, -0.15) is 0 Å². The zero-order valence-electron chi connectivity index (χ0n) is 10.9. The summed E-state index contributed by atoms with van der Waals surface area (Å²) in [5.74, 6) is 0.995. The third-order valence-corrected chi connectivity index (χ3v) is 4.27. The quantitative estimate of drug-likeness (QED) is 0.841. The smallest absolute Gasteiger partial charge is 0.251 e. The lowest BCUT2D eigenvalue weighted by Crippen LogP contribution is -2.34. The fourth-order valence-electron chi connectivity index (χ4n) is 2.71. The average molecular weight is 284 g/mol. The van der Waals surface area contributed by atoms with Crippen molar-refractivity contribution in [3.05, 3.63) is 35.6 Å². The molecule has 2 unspecified atom stereocenters. The number of amides is 1. The van der Waals surface area contributed by atoms with Crippen LogP contribution in [0.2, 0.25) is 0 Å². The minimum absolute atomic E-state index is 0.210. The summed E-state index contributed by atoms with van der Waals surface area (Å²) in [5, 5.41) is 2.90. The number of benzene rings is 1. The number of rotatable bonds is 4. The molecule has 1 saturated carbocycles. The molecule has 0 bridgehead atoms. The Morgan fingerprint density at radius 3 is 2.74 bits per heavy atom. The van der Waals surface area contributed by atoms with Crippen molar-refractivity contribution >= 4 is 17.5 Å². The molecule has 0 heterocycles. The van der Waals surface area contributed by atoms with E-state index in [4.69, 9.17) is 11.6 Å². The summed E-state index contributed by atoms with van der Waals surface area (Å²) in [6.07, 6.45) is 4.68. The Balaban J connectivity index is 1.89. The third kappa shape index (κ3) is 3.93. The standard InChI is InChI=1S/C15H19ClFNO/c16-9-12-4-1-2-5-13(12)10-18-15(19)11-6-3-7-14(17)8-11/h3,6-8,12-13H,1-2,4-5,9-10H2,(H,18,19). The minimum Gasteiger partial charge on any atom is -0.352 e. The van der Waals surface area contributed by atoms with E-state index in [0.717, 1.165) is 12.8 Å². The van der Waals surface area contributed by atoms with Gasteiger partial charge in [0.05, 0.1) is 0 Å². The normalized spacial score (nSPS) is 23.1. The van der Waals surface area contributed by atoms with Crippen molar-refractivity contribution in [3.63, 3.8) is 0 Å². The van der Waals surface area contributed by atoms with E-state index in [0.29, 0.717) is 29.8 Å². The van der Waals surface area contributed by atoms with Crippen LogP contribution in [0.4, 0.5) is 4.39 Å². The van der Waals surface area contributed by atoms with Crippen LogP contribution in [0.15, 0.2) is 24.3 Å². The summed E-state index contributed by atoms with van der Waals surface area (Å²) in [4.78, 5) is 11.9. The first-order chi connectivity index (χ1) is 9.20. The van der Waals surface area contributed by atoms with Gasteiger partial charge in [0, 0.05) is 18.0 Å². The average Bonchev–Trinajstić information content (AvgIpc) is 2.45. The van der Waals surface area contributed by atoms with E-state index in [-0.39, 0.29) is 11.7 Å². The van der Waals surface area contributed by atoms with E-state index < -0.39 is 0 Å². The summed E-state index contributed by atoms with van der Waals surface area (Å²) in [5.41, 5.74) is 0.373. The molecule has 1 amide bonds. The highest BCUT2D eigenvalue weighted by atomic mass is 35.5. The molecular formula is C15H19ClFNO. The van der Waals surface area contributed by atoms with Gasteiger partial charge >= 0.3 is 0 Å². The molecule has 2 rings (SSSR count). The van der Waals surface area contributed by atoms with E-state index in [1.807, 2.05) is 0 Å². The number of hydrogen-bond donors (Lipinski definition) is 1. The van der Waals surface area contributed by atoms with Crippen molar-refractivity contribution in [1.82, 2.24) is 5.32 Å². The first-order valence-electron chi connectivity index (χ1n) is 6.80. The van der Waals surface area contributed by atoms with Gasteiger partial charge in [0.25, 0.3) is 5.91 Å². The first-order valence-corrected chi connectivity index (χ1v) is 7.34. The molecule has 4 heteroatoms. The highest BCUT2D eigenvalue weighted by Gasteiger charge is 2.24. The summed E-state index contributed by atoms with van der Waals surface area (Å²) in [6.45, 7) is 0.632. The second kappa shape index (κ2) is 6.90. The van der Waals surface area contributed by atoms with Gasteiger partial charge < -0.3 is 5.32 Å². The fraction of sp³-hybridized carbons (Fsp3) is 0.533. The van der Waals surface area contributed by atoms with Gasteiger partial charge in [0.1, 0.15) is 5.82 Å². The number of carbonyl (C=O) groups is 1. The molecule has 0 spiro atoms. The number of carbonyl (C=O) groups excluding carboxylic acids is 1. The van der Waals surface area contributed by atoms with Crippen LogP contribution in [0.25, 0.3) is 0 Å². The Labute approximate surface area is 118 Å². The monoisotopic (exact) mass is 283 g/mol. The van der Waals surface area contributed by atoms with Crippen molar-refractivity contribution in [1.29, 1.82) is 0 Å². The van der Waals surface area contributed by atoms with E-state index in [2.05, 4.69) is 5.32 Å². The molecule has 1 aliphatic rings. The Hall–Kier alpha value is -1.09. The summed E-state index contributed by atoms with van der Waals surface area (Å²) in [7, 11) is 0. The van der Waals surface area contributed by atoms with Crippen LogP contribution < -0.4 is 5.32 Å². The predicted octanol–water partition coefficient (Wildman–Crippen LogP) is 3.60. The van der Waals surface area contributed by atoms with Crippen LogP contribution in [0.3, 0.4) is 0 Å². The molecule has 0 radical (unpaired) electrons. The maximum Gasteiger partial charge on any atom is 0.251 e. The first kappa shape index (κ1) is 14.3. The molecule has 0 aliphatic heterocycles. The lowest BCUT2D eigenvalue weighted by molar-refractivity contribution is 0.0936. The second-order valence-corrected chi connectivity index (χ2v) is 5.49. The second-order valence-electron chi connectivity index (χ2n) is 5.18. The van der Waals surface area contributed by atoms with Crippen LogP contribution >= 0.6 is 11.6 Å². The van der Waals surface area contributed by atoms with E-state index in [1.54, 1.807) is 12.1 Å². The molecule has 1 aromatic rings. The zero-order valence-corrected chi connectivity index (χ0v) is 11.6. The highest BCUT2D eigenvalue weighted by molar-refractivity contribution is 6.18. The molecule has 2 nitrogen and oxygen atoms in total. The van der Waals surface area contributed by atoms with Crippen LogP contribution in [-0.2, 0) is 0 Å². The van der Waals surface area contributed by atoms with Crippen molar-refractivity contribution in [2.24, 2.45) is 11.8 Å². The van der Waals surface area contributed by atoms with Crippen LogP contribution in [0.1, 0.15) is 36.0 Å². The number of hydrogen-bond acceptors (Lipinski definition) is 1. The van der Waals surface area contributed by atoms with Gasteiger partial charge in [0.15, 0.2) is 0 Å². The molecule has 0 aromatic heterocycles. The molecule has 19 heavy (non-hydrogen) atoms. The third-order valence-electron chi connectivity index (χ3n) is 3.88. The van der Waals surface area contributed by atoms with Gasteiger partial charge in [0.2, 0.25) is 0 Å². The summed E-state index contributed by atoms with van der Waals surface area (Å²) >= 11 is 5.97. The summed E-state index contributed by atoms with van der Waals surface area (Å²) in [6, 6.07) is 5.77. The minimum atomic E-state index is -0.385. The molecule has 1 N–H and O–H groups in total. The lowest BCUT2D eigenvalue weighted by atomic mass is 9.80. The molecule has 2 atom stereocenters. The van der Waals surface area contributed by atoms with Crippen LogP contribution in [0, 0.1) is 17.7 Å². The largest absolute Gasteiger partial charge is 0.352 e. The van der Waals surface area contributed by atoms with E-state index in [1.165, 1.54) is 25.0 Å². The van der Waals surface area contributed by atoms with Gasteiger partial charge in [-0.15, -0.1) is 11.6 Å². The molecule has 1 aromatic carbocycles. The van der Waals surface area contributed by atoms with Gasteiger partial charge in [-0.25, -0.2) is 4.39 Å². The zero-order chi connectivity index (χ0) is 13.7. The van der Waals surface area contributed by atoms with Crippen LogP contribution in [-0.4, -0.2) is 18.3 Å². The molecular weight excluding hydrogens is 265 g/mol. The van der Waals surface area contributed by atoms with Gasteiger partial charge in [-0.1, -0.05) is 18.9 Å². The number of halogens is 2. The topological polar surface area (TPSA) is 29.1 Å². The van der Waals surface area contributed by atoms with Gasteiger partial charge in [-0.05, 0) is 42.9 Å². The predicted molar refractivity (Wildman–Crippen MR) is 74.9 cm³/mol. The van der Waals surface area contributed by atoms with Crippen molar-refractivity contribution in [2.45, 2.75) is 25.7 Å². The lowest BCUT2D eigenvalue weighted by Gasteiger charge is -2.30. The Bertz CT molecular complexity index is 438. The van der Waals surface area contributed by atoms with Gasteiger partial charge in [-0.3, -0.25) is 4.79 Å².